The van der Waals surface area contributed by atoms with Gasteiger partial charge in [0.15, 0.2) is 6.61 Å². The van der Waals surface area contributed by atoms with Gasteiger partial charge in [-0.1, -0.05) is 26.0 Å². The molecule has 2 rings (SSSR count). The largest absolute Gasteiger partial charge is 0.497 e. The lowest BCUT2D eigenvalue weighted by Gasteiger charge is -2.19. The highest BCUT2D eigenvalue weighted by molar-refractivity contribution is 5.77. The van der Waals surface area contributed by atoms with Crippen LogP contribution in [0.4, 0.5) is 0 Å². The number of amides is 1. The smallest absolute Gasteiger partial charge is 0.260 e. The molecule has 0 unspecified atom stereocenters. The topological polar surface area (TPSA) is 48.0 Å². The van der Waals surface area contributed by atoms with Gasteiger partial charge in [0, 0.05) is 25.2 Å². The predicted molar refractivity (Wildman–Crippen MR) is 102 cm³/mol. The Hall–Kier alpha value is -2.69. The van der Waals surface area contributed by atoms with Crippen LogP contribution >= 0.6 is 0 Å². The standard InChI is InChI=1S/C21H27NO4/c1-15(2)16-6-9-18(10-7-16)26-14-21(23)22(3)13-17-8-11-19(24-4)12-20(17)25-5/h6-12,15H,13-14H2,1-5H3. The molecule has 0 radical (unpaired) electrons. The molecule has 0 aliphatic heterocycles. The number of likely N-dealkylation sites (N-methyl/N-ethyl adjacent to an activating group) is 1. The maximum atomic E-state index is 12.4. The molecule has 1 amide bonds. The highest BCUT2D eigenvalue weighted by Gasteiger charge is 2.13. The Labute approximate surface area is 155 Å². The molecule has 5 heteroatoms. The quantitative estimate of drug-likeness (QED) is 0.720. The summed E-state index contributed by atoms with van der Waals surface area (Å²) in [6.07, 6.45) is 0. The average molecular weight is 357 g/mol. The van der Waals surface area contributed by atoms with Gasteiger partial charge in [-0.3, -0.25) is 4.79 Å². The lowest BCUT2D eigenvalue weighted by Crippen LogP contribution is -2.31. The van der Waals surface area contributed by atoms with Gasteiger partial charge in [0.2, 0.25) is 0 Å². The van der Waals surface area contributed by atoms with E-state index in [-0.39, 0.29) is 12.5 Å². The van der Waals surface area contributed by atoms with E-state index in [4.69, 9.17) is 14.2 Å². The first-order chi connectivity index (χ1) is 12.4. The molecule has 0 bridgehead atoms. The molecule has 2 aromatic rings. The van der Waals surface area contributed by atoms with Crippen molar-refractivity contribution in [1.82, 2.24) is 4.90 Å². The zero-order valence-corrected chi connectivity index (χ0v) is 16.1. The second-order valence-corrected chi connectivity index (χ2v) is 6.44. The van der Waals surface area contributed by atoms with Crippen molar-refractivity contribution in [3.8, 4) is 17.2 Å². The summed E-state index contributed by atoms with van der Waals surface area (Å²) in [7, 11) is 4.95. The first kappa shape index (κ1) is 19.6. The Balaban J connectivity index is 1.93. The van der Waals surface area contributed by atoms with Gasteiger partial charge in [0.25, 0.3) is 5.91 Å². The average Bonchev–Trinajstić information content (AvgIpc) is 2.66. The molecule has 0 fully saturated rings. The second-order valence-electron chi connectivity index (χ2n) is 6.44. The van der Waals surface area contributed by atoms with E-state index in [9.17, 15) is 4.79 Å². The monoisotopic (exact) mass is 357 g/mol. The molecule has 0 heterocycles. The van der Waals surface area contributed by atoms with E-state index in [2.05, 4.69) is 13.8 Å². The molecule has 140 valence electrons. The Kier molecular flexibility index (Phi) is 6.89. The number of nitrogens with zero attached hydrogens (tertiary/aromatic N) is 1. The van der Waals surface area contributed by atoms with Crippen LogP contribution in [-0.4, -0.2) is 38.7 Å². The zero-order chi connectivity index (χ0) is 19.1. The van der Waals surface area contributed by atoms with Gasteiger partial charge in [0.05, 0.1) is 14.2 Å². The molecule has 0 saturated carbocycles. The molecule has 26 heavy (non-hydrogen) atoms. The minimum absolute atomic E-state index is 0.00397. The van der Waals surface area contributed by atoms with Crippen LogP contribution < -0.4 is 14.2 Å². The fraction of sp³-hybridized carbons (Fsp3) is 0.381. The SMILES string of the molecule is COc1ccc(CN(C)C(=O)COc2ccc(C(C)C)cc2)c(OC)c1. The van der Waals surface area contributed by atoms with Gasteiger partial charge in [-0.05, 0) is 35.7 Å². The number of rotatable bonds is 8. The lowest BCUT2D eigenvalue weighted by molar-refractivity contribution is -0.132. The molecular weight excluding hydrogens is 330 g/mol. The van der Waals surface area contributed by atoms with E-state index in [1.54, 1.807) is 32.2 Å². The Morgan fingerprint density at radius 2 is 1.65 bits per heavy atom. The fourth-order valence-corrected chi connectivity index (χ4v) is 2.53. The number of hydrogen-bond acceptors (Lipinski definition) is 4. The van der Waals surface area contributed by atoms with E-state index in [1.165, 1.54) is 5.56 Å². The highest BCUT2D eigenvalue weighted by atomic mass is 16.5. The van der Waals surface area contributed by atoms with Gasteiger partial charge < -0.3 is 19.1 Å². The number of carbonyl (C=O) groups excluding carboxylic acids is 1. The summed E-state index contributed by atoms with van der Waals surface area (Å²) < 4.78 is 16.2. The molecule has 0 aliphatic carbocycles. The molecule has 0 atom stereocenters. The summed E-state index contributed by atoms with van der Waals surface area (Å²) in [6, 6.07) is 13.4. The summed E-state index contributed by atoms with van der Waals surface area (Å²) >= 11 is 0. The van der Waals surface area contributed by atoms with Crippen LogP contribution in [0.25, 0.3) is 0 Å². The Morgan fingerprint density at radius 3 is 2.23 bits per heavy atom. The highest BCUT2D eigenvalue weighted by Crippen LogP contribution is 2.25. The van der Waals surface area contributed by atoms with Gasteiger partial charge in [0.1, 0.15) is 17.2 Å². The van der Waals surface area contributed by atoms with E-state index in [0.717, 1.165) is 5.56 Å². The maximum Gasteiger partial charge on any atom is 0.260 e. The van der Waals surface area contributed by atoms with Crippen LogP contribution in [0, 0.1) is 0 Å². The van der Waals surface area contributed by atoms with Crippen molar-refractivity contribution < 1.29 is 19.0 Å². The van der Waals surface area contributed by atoms with Gasteiger partial charge in [-0.2, -0.15) is 0 Å². The van der Waals surface area contributed by atoms with Crippen molar-refractivity contribution in [3.63, 3.8) is 0 Å². The first-order valence-corrected chi connectivity index (χ1v) is 8.62. The summed E-state index contributed by atoms with van der Waals surface area (Å²) in [6.45, 7) is 4.71. The van der Waals surface area contributed by atoms with E-state index >= 15 is 0 Å². The fourth-order valence-electron chi connectivity index (χ4n) is 2.53. The molecule has 0 spiro atoms. The third-order valence-electron chi connectivity index (χ3n) is 4.24. The number of ether oxygens (including phenoxy) is 3. The molecule has 0 N–H and O–H groups in total. The minimum Gasteiger partial charge on any atom is -0.497 e. The minimum atomic E-state index is -0.101. The number of hydrogen-bond donors (Lipinski definition) is 0. The van der Waals surface area contributed by atoms with Crippen molar-refractivity contribution in [1.29, 1.82) is 0 Å². The summed E-state index contributed by atoms with van der Waals surface area (Å²) in [5.41, 5.74) is 2.15. The van der Waals surface area contributed by atoms with Gasteiger partial charge in [-0.15, -0.1) is 0 Å². The normalized spacial score (nSPS) is 10.5. The van der Waals surface area contributed by atoms with Crippen molar-refractivity contribution >= 4 is 5.91 Å². The number of methoxy groups -OCH3 is 2. The van der Waals surface area contributed by atoms with E-state index < -0.39 is 0 Å². The van der Waals surface area contributed by atoms with Gasteiger partial charge in [-0.25, -0.2) is 0 Å². The van der Waals surface area contributed by atoms with Crippen molar-refractivity contribution in [2.45, 2.75) is 26.3 Å². The predicted octanol–water partition coefficient (Wildman–Crippen LogP) is 3.86. The van der Waals surface area contributed by atoms with Crippen LogP contribution in [0.5, 0.6) is 17.2 Å². The van der Waals surface area contributed by atoms with Crippen molar-refractivity contribution in [3.05, 3.63) is 53.6 Å². The molecular formula is C21H27NO4. The summed E-state index contributed by atoms with van der Waals surface area (Å²) in [4.78, 5) is 14.0. The van der Waals surface area contributed by atoms with Crippen molar-refractivity contribution in [2.24, 2.45) is 0 Å². The summed E-state index contributed by atoms with van der Waals surface area (Å²) in [5.74, 6) is 2.47. The van der Waals surface area contributed by atoms with E-state index in [0.29, 0.717) is 29.7 Å². The number of carbonyl (C=O) groups is 1. The molecule has 0 aliphatic rings. The Morgan fingerprint density at radius 1 is 1.00 bits per heavy atom. The maximum absolute atomic E-state index is 12.4. The second kappa shape index (κ2) is 9.13. The van der Waals surface area contributed by atoms with Crippen LogP contribution in [0.2, 0.25) is 0 Å². The number of benzene rings is 2. The van der Waals surface area contributed by atoms with Crippen molar-refractivity contribution in [2.75, 3.05) is 27.9 Å². The van der Waals surface area contributed by atoms with Crippen LogP contribution in [0.1, 0.15) is 30.9 Å². The first-order valence-electron chi connectivity index (χ1n) is 8.62. The summed E-state index contributed by atoms with van der Waals surface area (Å²) in [5, 5.41) is 0. The Bertz CT molecular complexity index is 725. The van der Waals surface area contributed by atoms with Gasteiger partial charge >= 0.3 is 0 Å². The van der Waals surface area contributed by atoms with Crippen LogP contribution in [0.15, 0.2) is 42.5 Å². The van der Waals surface area contributed by atoms with E-state index in [1.807, 2.05) is 36.4 Å². The molecule has 0 saturated heterocycles. The van der Waals surface area contributed by atoms with Crippen LogP contribution in [-0.2, 0) is 11.3 Å². The zero-order valence-electron chi connectivity index (χ0n) is 16.1. The molecule has 5 nitrogen and oxygen atoms in total. The molecule has 0 aromatic heterocycles. The lowest BCUT2D eigenvalue weighted by atomic mass is 10.0. The third-order valence-corrected chi connectivity index (χ3v) is 4.24. The third kappa shape index (κ3) is 5.15. The van der Waals surface area contributed by atoms with Crippen LogP contribution in [0.3, 0.4) is 0 Å². The molecule has 2 aromatic carbocycles.